The van der Waals surface area contributed by atoms with Gasteiger partial charge in [-0.3, -0.25) is 14.8 Å². The molecule has 0 radical (unpaired) electrons. The maximum atomic E-state index is 13.0. The van der Waals surface area contributed by atoms with Gasteiger partial charge < -0.3 is 19.7 Å². The first kappa shape index (κ1) is 34.4. The summed E-state index contributed by atoms with van der Waals surface area (Å²) in [5.74, 6) is -0.292. The van der Waals surface area contributed by atoms with Crippen LogP contribution in [-0.2, 0) is 24.0 Å². The van der Waals surface area contributed by atoms with Gasteiger partial charge in [0.05, 0.1) is 53.5 Å². The predicted octanol–water partition coefficient (Wildman–Crippen LogP) is 4.04. The maximum Gasteiger partial charge on any atom is 0.524 e. The zero-order chi connectivity index (χ0) is 32.8. The van der Waals surface area contributed by atoms with Gasteiger partial charge in [0.2, 0.25) is 0 Å². The van der Waals surface area contributed by atoms with Crippen LogP contribution in [0.25, 0.3) is 0 Å². The van der Waals surface area contributed by atoms with Crippen LogP contribution in [0.1, 0.15) is 54.6 Å². The zero-order valence-electron chi connectivity index (χ0n) is 24.0. The van der Waals surface area contributed by atoms with Crippen molar-refractivity contribution >= 4 is 21.6 Å². The molecule has 1 amide bonds. The van der Waals surface area contributed by atoms with Gasteiger partial charge in [0, 0.05) is 12.7 Å². The normalized spacial score (nSPS) is 22.8. The Morgan fingerprint density at radius 2 is 1.89 bits per heavy atom. The van der Waals surface area contributed by atoms with Crippen LogP contribution in [0.5, 0.6) is 0 Å². The molecule has 2 unspecified atom stereocenters. The number of rotatable bonds is 13. The minimum Gasteiger partial charge on any atom is -0.358 e. The summed E-state index contributed by atoms with van der Waals surface area (Å²) in [5.41, 5.74) is 0.674. The van der Waals surface area contributed by atoms with Crippen molar-refractivity contribution in [3.8, 4) is 6.07 Å². The second kappa shape index (κ2) is 14.8. The average Bonchev–Trinajstić information content (AvgIpc) is 3.61. The van der Waals surface area contributed by atoms with E-state index in [1.165, 1.54) is 49.5 Å². The highest BCUT2D eigenvalue weighted by atomic mass is 32.2. The van der Waals surface area contributed by atoms with E-state index in [9.17, 15) is 40.4 Å². The summed E-state index contributed by atoms with van der Waals surface area (Å²) in [7, 11) is -3.42. The Balaban J connectivity index is 1.41. The molecule has 1 aromatic heterocycles. The lowest BCUT2D eigenvalue weighted by Crippen LogP contribution is -2.39. The van der Waals surface area contributed by atoms with Crippen LogP contribution in [0, 0.1) is 11.3 Å². The number of carbonyl (C=O) groups excluding carboxylic acids is 1. The molecular weight excluding hydrogens is 629 g/mol. The van der Waals surface area contributed by atoms with Crippen molar-refractivity contribution < 1.29 is 49.4 Å². The molecule has 246 valence electrons. The van der Waals surface area contributed by atoms with Crippen LogP contribution >= 0.6 is 0 Å². The summed E-state index contributed by atoms with van der Waals surface area (Å²) in [6.07, 6.45) is -5.58. The molecule has 1 aromatic carbocycles. The molecule has 4 rings (SSSR count). The number of carbonyl (C=O) groups is 1. The number of amides is 1. The number of nitrogens with zero attached hydrogens (tertiary/aromatic N) is 3. The van der Waals surface area contributed by atoms with Crippen molar-refractivity contribution in [1.29, 1.82) is 5.26 Å². The van der Waals surface area contributed by atoms with Gasteiger partial charge in [-0.05, 0) is 49.1 Å². The highest BCUT2D eigenvalue weighted by Crippen LogP contribution is 2.30. The Hall–Kier alpha value is -3.43. The Labute approximate surface area is 256 Å². The molecule has 2 fully saturated rings. The molecule has 45 heavy (non-hydrogen) atoms. The SMILES string of the molecule is CCS(=O)(=O)c1ccc([C@H](CC#N)NC(=O)c2ccc(N3C[C@@H](OC4CCC(OC(F)(F)F)N4)C[C@H]3COC(F)F)nc2)cc1. The molecule has 0 bridgehead atoms. The molecule has 2 aliphatic heterocycles. The van der Waals surface area contributed by atoms with E-state index >= 15 is 0 Å². The van der Waals surface area contributed by atoms with Crippen LogP contribution in [-0.4, -0.2) is 75.8 Å². The summed E-state index contributed by atoms with van der Waals surface area (Å²) in [5, 5.41) is 14.7. The van der Waals surface area contributed by atoms with Crippen molar-refractivity contribution in [2.45, 2.75) is 81.1 Å². The average molecular weight is 662 g/mol. The quantitative estimate of drug-likeness (QED) is 0.302. The second-order valence-electron chi connectivity index (χ2n) is 10.4. The Morgan fingerprint density at radius 1 is 1.18 bits per heavy atom. The highest BCUT2D eigenvalue weighted by Gasteiger charge is 2.40. The number of benzene rings is 1. The Kier molecular flexibility index (Phi) is 11.3. The van der Waals surface area contributed by atoms with Gasteiger partial charge in [0.25, 0.3) is 5.91 Å². The smallest absolute Gasteiger partial charge is 0.358 e. The van der Waals surface area contributed by atoms with Gasteiger partial charge in [-0.1, -0.05) is 19.1 Å². The number of aromatic nitrogens is 1. The number of nitrogens with one attached hydrogen (secondary N) is 2. The Morgan fingerprint density at radius 3 is 2.49 bits per heavy atom. The van der Waals surface area contributed by atoms with Crippen LogP contribution in [0.2, 0.25) is 0 Å². The van der Waals surface area contributed by atoms with Crippen LogP contribution in [0.4, 0.5) is 27.8 Å². The summed E-state index contributed by atoms with van der Waals surface area (Å²) in [6.45, 7) is -1.69. The fourth-order valence-corrected chi connectivity index (χ4v) is 6.10. The number of ether oxygens (including phenoxy) is 3. The molecular formula is C28H32F5N5O6S. The third-order valence-electron chi connectivity index (χ3n) is 7.41. The predicted molar refractivity (Wildman–Crippen MR) is 149 cm³/mol. The van der Waals surface area contributed by atoms with Crippen molar-refractivity contribution in [3.05, 3.63) is 53.7 Å². The van der Waals surface area contributed by atoms with Gasteiger partial charge in [-0.2, -0.15) is 14.0 Å². The number of alkyl halides is 5. The molecule has 0 spiro atoms. The molecule has 2 aliphatic rings. The summed E-state index contributed by atoms with van der Waals surface area (Å²) in [6, 6.07) is 9.54. The van der Waals surface area contributed by atoms with E-state index in [0.717, 1.165) is 0 Å². The lowest BCUT2D eigenvalue weighted by atomic mass is 10.0. The molecule has 11 nitrogen and oxygen atoms in total. The van der Waals surface area contributed by atoms with Gasteiger partial charge in [-0.25, -0.2) is 13.4 Å². The van der Waals surface area contributed by atoms with E-state index in [1.807, 2.05) is 6.07 Å². The van der Waals surface area contributed by atoms with E-state index < -0.39 is 59.4 Å². The molecule has 0 saturated carbocycles. The number of halogens is 5. The lowest BCUT2D eigenvalue weighted by molar-refractivity contribution is -0.345. The topological polar surface area (TPSA) is 143 Å². The van der Waals surface area contributed by atoms with E-state index in [2.05, 4.69) is 25.1 Å². The van der Waals surface area contributed by atoms with E-state index in [1.54, 1.807) is 4.90 Å². The Bertz CT molecular complexity index is 1440. The third-order valence-corrected chi connectivity index (χ3v) is 9.16. The number of hydrogen-bond donors (Lipinski definition) is 2. The second-order valence-corrected chi connectivity index (χ2v) is 12.7. The summed E-state index contributed by atoms with van der Waals surface area (Å²) < 4.78 is 102. The first-order valence-electron chi connectivity index (χ1n) is 14.1. The van der Waals surface area contributed by atoms with E-state index in [4.69, 9.17) is 4.74 Å². The lowest BCUT2D eigenvalue weighted by Gasteiger charge is -2.25. The number of sulfone groups is 1. The molecule has 17 heteroatoms. The monoisotopic (exact) mass is 661 g/mol. The van der Waals surface area contributed by atoms with E-state index in [0.29, 0.717) is 11.4 Å². The summed E-state index contributed by atoms with van der Waals surface area (Å²) >= 11 is 0. The summed E-state index contributed by atoms with van der Waals surface area (Å²) in [4.78, 5) is 19.1. The number of anilines is 1. The maximum absolute atomic E-state index is 13.0. The number of nitriles is 1. The first-order chi connectivity index (χ1) is 21.3. The highest BCUT2D eigenvalue weighted by molar-refractivity contribution is 7.91. The van der Waals surface area contributed by atoms with Gasteiger partial charge >= 0.3 is 13.0 Å². The third kappa shape index (κ3) is 9.53. The van der Waals surface area contributed by atoms with Crippen LogP contribution < -0.4 is 15.5 Å². The van der Waals surface area contributed by atoms with Crippen molar-refractivity contribution in [2.24, 2.45) is 0 Å². The van der Waals surface area contributed by atoms with Crippen LogP contribution in [0.3, 0.4) is 0 Å². The zero-order valence-corrected chi connectivity index (χ0v) is 24.9. The molecule has 3 heterocycles. The molecule has 0 aliphatic carbocycles. The van der Waals surface area contributed by atoms with Gasteiger partial charge in [0.1, 0.15) is 18.3 Å². The molecule has 2 N–H and O–H groups in total. The van der Waals surface area contributed by atoms with Gasteiger partial charge in [-0.15, -0.1) is 13.2 Å². The van der Waals surface area contributed by atoms with Gasteiger partial charge in [0.15, 0.2) is 9.84 Å². The largest absolute Gasteiger partial charge is 0.524 e. The molecule has 2 saturated heterocycles. The standard InChI is InChI=1S/C28H32F5N5O6S/c1-2-45(40,41)21-6-3-17(4-7-21)22(11-12-34)36-26(39)18-5-8-23(35-14-18)38-15-20(13-19(38)16-42-27(29)30)43-24-9-10-25(37-24)44-28(31,32)33/h3-8,14,19-20,22,24-25,27,37H,2,9-11,13,15-16H2,1H3,(H,36,39)/t19-,20-,22-,24?,25?/m0/s1. The minimum absolute atomic E-state index is 0.0717. The minimum atomic E-state index is -4.80. The fourth-order valence-electron chi connectivity index (χ4n) is 5.21. The first-order valence-corrected chi connectivity index (χ1v) is 15.7. The van der Waals surface area contributed by atoms with Crippen molar-refractivity contribution in [3.63, 3.8) is 0 Å². The van der Waals surface area contributed by atoms with Crippen molar-refractivity contribution in [1.82, 2.24) is 15.6 Å². The molecule has 2 aromatic rings. The van der Waals surface area contributed by atoms with Crippen molar-refractivity contribution in [2.75, 3.05) is 23.8 Å². The van der Waals surface area contributed by atoms with Crippen LogP contribution in [0.15, 0.2) is 47.5 Å². The number of hydrogen-bond acceptors (Lipinski definition) is 10. The van der Waals surface area contributed by atoms with E-state index in [-0.39, 0.29) is 55.0 Å². The fraction of sp³-hybridized carbons (Fsp3) is 0.536. The molecule has 5 atom stereocenters. The number of pyridine rings is 1.